The van der Waals surface area contributed by atoms with Gasteiger partial charge in [0.25, 0.3) is 12.2 Å². The summed E-state index contributed by atoms with van der Waals surface area (Å²) in [6.45, 7) is 0. The summed E-state index contributed by atoms with van der Waals surface area (Å²) in [5.41, 5.74) is 0. The molecule has 0 aromatic carbocycles. The van der Waals surface area contributed by atoms with Crippen LogP contribution in [0.1, 0.15) is 6.42 Å². The molecule has 234 valence electrons. The Labute approximate surface area is 197 Å². The maximum absolute atomic E-state index is 14.5. The Morgan fingerprint density at radius 3 is 0.949 bits per heavy atom. The summed E-state index contributed by atoms with van der Waals surface area (Å²) < 4.78 is 295. The predicted molar refractivity (Wildman–Crippen MR) is 72.0 cm³/mol. The largest absolute Gasteiger partial charge is 0.423 e. The zero-order valence-electron chi connectivity index (χ0n) is 17.1. The molecule has 0 radical (unpaired) electrons. The summed E-state index contributed by atoms with van der Waals surface area (Å²) in [5.74, 6) is -20.9. The van der Waals surface area contributed by atoms with Crippen LogP contribution in [0.15, 0.2) is 0 Å². The predicted octanol–water partition coefficient (Wildman–Crippen LogP) is 7.26. The van der Waals surface area contributed by atoms with Gasteiger partial charge in [0.05, 0.1) is 0 Å². The van der Waals surface area contributed by atoms with Crippen molar-refractivity contribution < 1.29 is 111 Å². The van der Waals surface area contributed by atoms with Crippen molar-refractivity contribution in [2.75, 3.05) is 0 Å². The van der Waals surface area contributed by atoms with Crippen molar-refractivity contribution in [1.82, 2.24) is 0 Å². The summed E-state index contributed by atoms with van der Waals surface area (Å²) in [6.07, 6.45) is -69.0. The van der Waals surface area contributed by atoms with Gasteiger partial charge in [-0.1, -0.05) is 0 Å². The van der Waals surface area contributed by atoms with Gasteiger partial charge in [-0.2, -0.15) is 96.6 Å². The van der Waals surface area contributed by atoms with E-state index in [1.165, 1.54) is 0 Å². The fourth-order valence-corrected chi connectivity index (χ4v) is 2.89. The average Bonchev–Trinajstić information content (AvgIpc) is 2.73. The van der Waals surface area contributed by atoms with Gasteiger partial charge in [0.1, 0.15) is 6.10 Å². The Bertz CT molecular complexity index is 765. The van der Waals surface area contributed by atoms with Gasteiger partial charge in [-0.25, -0.2) is 0 Å². The number of ether oxygens (including phenoxy) is 3. The summed E-state index contributed by atoms with van der Waals surface area (Å²) in [7, 11) is 0. The molecule has 0 saturated heterocycles. The molecular weight excluding hydrogens is 634 g/mol. The van der Waals surface area contributed by atoms with Crippen LogP contribution in [0.2, 0.25) is 0 Å². The maximum Gasteiger partial charge on any atom is 0.423 e. The first-order valence-electron chi connectivity index (χ1n) is 8.79. The molecule has 0 aliphatic heterocycles. The minimum Gasteiger partial charge on any atom is -0.351 e. The normalized spacial score (nSPS) is 22.8. The van der Waals surface area contributed by atoms with Crippen LogP contribution in [-0.2, 0) is 14.2 Å². The quantitative estimate of drug-likeness (QED) is 0.226. The van der Waals surface area contributed by atoms with E-state index in [2.05, 4.69) is 14.2 Å². The zero-order valence-corrected chi connectivity index (χ0v) is 17.1. The Balaban J connectivity index is 3.96. The molecule has 1 aliphatic carbocycles. The van der Waals surface area contributed by atoms with Crippen molar-refractivity contribution in [3.63, 3.8) is 0 Å². The molecule has 3 nitrogen and oxygen atoms in total. The Morgan fingerprint density at radius 1 is 0.462 bits per heavy atom. The summed E-state index contributed by atoms with van der Waals surface area (Å²) in [6, 6.07) is 0. The van der Waals surface area contributed by atoms with Crippen molar-refractivity contribution in [3.8, 4) is 0 Å². The molecule has 0 aromatic heterocycles. The number of halogens is 22. The molecule has 0 bridgehead atoms. The van der Waals surface area contributed by atoms with Crippen molar-refractivity contribution in [1.29, 1.82) is 0 Å². The fraction of sp³-hybridized carbons (Fsp3) is 1.00. The van der Waals surface area contributed by atoms with Gasteiger partial charge in [0.15, 0.2) is 0 Å². The van der Waals surface area contributed by atoms with Crippen molar-refractivity contribution in [2.45, 2.75) is 85.5 Å². The van der Waals surface area contributed by atoms with Gasteiger partial charge in [0.2, 0.25) is 11.9 Å². The van der Waals surface area contributed by atoms with Gasteiger partial charge >= 0.3 is 48.9 Å². The van der Waals surface area contributed by atoms with Crippen LogP contribution in [0.25, 0.3) is 0 Å². The third kappa shape index (κ3) is 7.16. The van der Waals surface area contributed by atoms with E-state index in [0.717, 1.165) is 0 Å². The molecule has 0 N–H and O–H groups in total. The molecule has 0 amide bonds. The Hall–Kier alpha value is -1.66. The lowest BCUT2D eigenvalue weighted by atomic mass is 10.1. The molecule has 0 spiro atoms. The van der Waals surface area contributed by atoms with Gasteiger partial charge in [-0.15, -0.1) is 0 Å². The Kier molecular flexibility index (Phi) is 8.81. The SMILES string of the molecule is FC(F)(F)C(OC1CC(OC(C(F)(F)F)C(F)(F)F)(OC(C(F)(F)F)C(F)(F)F)C(F)(F)C1(F)F)C(F)(F)F. The van der Waals surface area contributed by atoms with E-state index in [4.69, 9.17) is 0 Å². The highest BCUT2D eigenvalue weighted by atomic mass is 19.4. The van der Waals surface area contributed by atoms with Crippen LogP contribution < -0.4 is 0 Å². The second kappa shape index (κ2) is 9.72. The van der Waals surface area contributed by atoms with E-state index in [-0.39, 0.29) is 0 Å². The molecule has 1 rings (SSSR count). The molecule has 0 heterocycles. The van der Waals surface area contributed by atoms with Crippen LogP contribution in [-0.4, -0.2) is 79.1 Å². The summed E-state index contributed by atoms with van der Waals surface area (Å²) in [5, 5.41) is 0. The molecule has 1 saturated carbocycles. The van der Waals surface area contributed by atoms with Crippen LogP contribution in [0, 0.1) is 0 Å². The molecule has 1 unspecified atom stereocenters. The highest BCUT2D eigenvalue weighted by Gasteiger charge is 2.85. The lowest BCUT2D eigenvalue weighted by Gasteiger charge is -2.41. The van der Waals surface area contributed by atoms with Crippen molar-refractivity contribution in [2.24, 2.45) is 0 Å². The van der Waals surface area contributed by atoms with E-state index in [1.54, 1.807) is 0 Å². The number of hydrogen-bond donors (Lipinski definition) is 0. The zero-order chi connectivity index (χ0) is 31.6. The summed E-state index contributed by atoms with van der Waals surface area (Å²) >= 11 is 0. The first kappa shape index (κ1) is 35.4. The minimum absolute atomic E-state index is 2.54. The van der Waals surface area contributed by atoms with Crippen LogP contribution in [0.5, 0.6) is 0 Å². The molecule has 0 aromatic rings. The number of hydrogen-bond acceptors (Lipinski definition) is 3. The summed E-state index contributed by atoms with van der Waals surface area (Å²) in [4.78, 5) is 0. The van der Waals surface area contributed by atoms with Crippen molar-refractivity contribution in [3.05, 3.63) is 0 Å². The van der Waals surface area contributed by atoms with Crippen molar-refractivity contribution >= 4 is 0 Å². The van der Waals surface area contributed by atoms with E-state index < -0.39 is 85.5 Å². The van der Waals surface area contributed by atoms with Gasteiger partial charge in [0, 0.05) is 6.42 Å². The third-order valence-electron chi connectivity index (χ3n) is 4.46. The maximum atomic E-state index is 14.5. The fourth-order valence-electron chi connectivity index (χ4n) is 2.89. The number of rotatable bonds is 6. The molecule has 25 heteroatoms. The van der Waals surface area contributed by atoms with E-state index in [0.29, 0.717) is 0 Å². The first-order valence-corrected chi connectivity index (χ1v) is 8.79. The Morgan fingerprint density at radius 2 is 0.718 bits per heavy atom. The monoisotopic (exact) mass is 640 g/mol. The second-order valence-corrected chi connectivity index (χ2v) is 7.40. The first-order chi connectivity index (χ1) is 16.6. The van der Waals surface area contributed by atoms with Gasteiger partial charge in [-0.3, -0.25) is 0 Å². The van der Waals surface area contributed by atoms with E-state index >= 15 is 0 Å². The smallest absolute Gasteiger partial charge is 0.351 e. The van der Waals surface area contributed by atoms with E-state index in [1.807, 2.05) is 0 Å². The van der Waals surface area contributed by atoms with Gasteiger partial charge < -0.3 is 14.2 Å². The molecule has 1 fully saturated rings. The number of alkyl halides is 22. The lowest BCUT2D eigenvalue weighted by Crippen LogP contribution is -2.64. The standard InChI is InChI=1S/C14H6F22O3/c15-7(16)2(37-3(8(17,18)19)9(20,21)22)1-6(14(7,35)36,38-4(10(23,24)25)11(26,27)28)39-5(12(29,30)31)13(32,33)34/h2-5H,1H2. The van der Waals surface area contributed by atoms with Crippen LogP contribution >= 0.6 is 0 Å². The molecule has 39 heavy (non-hydrogen) atoms. The second-order valence-electron chi connectivity index (χ2n) is 7.40. The minimum atomic E-state index is -7.39. The van der Waals surface area contributed by atoms with Gasteiger partial charge in [-0.05, 0) is 0 Å². The topological polar surface area (TPSA) is 27.7 Å². The highest BCUT2D eigenvalue weighted by molar-refractivity contribution is 5.13. The lowest BCUT2D eigenvalue weighted by molar-refractivity contribution is -0.460. The van der Waals surface area contributed by atoms with Crippen LogP contribution in [0.4, 0.5) is 96.6 Å². The van der Waals surface area contributed by atoms with E-state index in [9.17, 15) is 96.6 Å². The highest BCUT2D eigenvalue weighted by Crippen LogP contribution is 2.61. The average molecular weight is 640 g/mol. The molecular formula is C14H6F22O3. The molecule has 1 atom stereocenters. The molecule has 1 aliphatic rings. The third-order valence-corrected chi connectivity index (χ3v) is 4.46. The van der Waals surface area contributed by atoms with Crippen LogP contribution in [0.3, 0.4) is 0 Å².